The molecule has 1 atom stereocenters. The van der Waals surface area contributed by atoms with Gasteiger partial charge in [0.25, 0.3) is 0 Å². The lowest BCUT2D eigenvalue weighted by Crippen LogP contribution is -2.08. The number of aliphatic imine (C=N–C) groups is 1. The van der Waals surface area contributed by atoms with Crippen LogP contribution in [-0.2, 0) is 0 Å². The van der Waals surface area contributed by atoms with Gasteiger partial charge in [0, 0.05) is 31.4 Å². The molecule has 6 heteroatoms. The second-order valence-corrected chi connectivity index (χ2v) is 7.20. The fraction of sp³-hybridized carbons (Fsp3) is 0.174. The Kier molecular flexibility index (Phi) is 5.24. The minimum atomic E-state index is 0.136. The Hall–Kier alpha value is -3.67. The molecule has 146 valence electrons. The van der Waals surface area contributed by atoms with E-state index in [2.05, 4.69) is 62.5 Å². The monoisotopic (exact) mass is 384 g/mol. The third-order valence-electron chi connectivity index (χ3n) is 4.67. The van der Waals surface area contributed by atoms with Crippen LogP contribution in [0.5, 0.6) is 0 Å². The van der Waals surface area contributed by atoms with E-state index in [9.17, 15) is 0 Å². The molecule has 0 amide bonds. The molecule has 0 bridgehead atoms. The first-order valence-corrected chi connectivity index (χ1v) is 9.56. The van der Waals surface area contributed by atoms with Gasteiger partial charge >= 0.3 is 0 Å². The second-order valence-electron chi connectivity index (χ2n) is 7.20. The highest BCUT2D eigenvalue weighted by Crippen LogP contribution is 2.30. The first-order chi connectivity index (χ1) is 14.1. The van der Waals surface area contributed by atoms with E-state index in [-0.39, 0.29) is 6.04 Å². The molecule has 2 aromatic heterocycles. The van der Waals surface area contributed by atoms with E-state index in [1.165, 1.54) is 5.56 Å². The number of H-pyrrole nitrogens is 1. The van der Waals surface area contributed by atoms with Crippen molar-refractivity contribution in [1.82, 2.24) is 19.9 Å². The largest absolute Gasteiger partial charge is 0.369 e. The van der Waals surface area contributed by atoms with Crippen LogP contribution in [0.3, 0.4) is 0 Å². The van der Waals surface area contributed by atoms with Crippen molar-refractivity contribution >= 4 is 28.9 Å². The Morgan fingerprint density at radius 1 is 1.03 bits per heavy atom. The Morgan fingerprint density at radius 3 is 2.66 bits per heavy atom. The third-order valence-corrected chi connectivity index (χ3v) is 4.67. The normalized spacial score (nSPS) is 12.4. The van der Waals surface area contributed by atoms with Gasteiger partial charge in [-0.1, -0.05) is 42.5 Å². The molecule has 2 N–H and O–H groups in total. The molecule has 0 fully saturated rings. The van der Waals surface area contributed by atoms with Crippen molar-refractivity contribution in [3.63, 3.8) is 0 Å². The molecule has 0 saturated carbocycles. The summed E-state index contributed by atoms with van der Waals surface area (Å²) in [6, 6.07) is 20.7. The molecular weight excluding hydrogens is 360 g/mol. The summed E-state index contributed by atoms with van der Waals surface area (Å²) in [6.45, 7) is 2.13. The molecule has 0 aliphatic rings. The maximum Gasteiger partial charge on any atom is 0.143 e. The average Bonchev–Trinajstić information content (AvgIpc) is 3.19. The number of aromatic nitrogens is 3. The lowest BCUT2D eigenvalue weighted by atomic mass is 10.1. The van der Waals surface area contributed by atoms with Gasteiger partial charge < -0.3 is 15.2 Å². The van der Waals surface area contributed by atoms with E-state index >= 15 is 0 Å². The molecular formula is C23H24N6. The van der Waals surface area contributed by atoms with Crippen LogP contribution in [-0.4, -0.2) is 40.3 Å². The van der Waals surface area contributed by atoms with Crippen molar-refractivity contribution in [2.45, 2.75) is 13.0 Å². The Morgan fingerprint density at radius 2 is 1.86 bits per heavy atom. The molecule has 0 aliphatic carbocycles. The van der Waals surface area contributed by atoms with E-state index in [0.717, 1.165) is 33.8 Å². The average molecular weight is 384 g/mol. The highest BCUT2D eigenvalue weighted by Gasteiger charge is 2.12. The van der Waals surface area contributed by atoms with Crippen LogP contribution in [0, 0.1) is 0 Å². The number of hydrogen-bond donors (Lipinski definition) is 2. The zero-order valence-corrected chi connectivity index (χ0v) is 16.8. The summed E-state index contributed by atoms with van der Waals surface area (Å²) >= 11 is 0. The smallest absolute Gasteiger partial charge is 0.143 e. The maximum absolute atomic E-state index is 4.48. The molecule has 0 radical (unpaired) electrons. The fourth-order valence-corrected chi connectivity index (χ4v) is 3.18. The van der Waals surface area contributed by atoms with Crippen molar-refractivity contribution in [3.8, 4) is 11.3 Å². The second kappa shape index (κ2) is 8.14. The van der Waals surface area contributed by atoms with Gasteiger partial charge in [0.2, 0.25) is 0 Å². The van der Waals surface area contributed by atoms with Crippen LogP contribution in [0.1, 0.15) is 18.5 Å². The van der Waals surface area contributed by atoms with E-state index in [1.807, 2.05) is 49.3 Å². The van der Waals surface area contributed by atoms with Gasteiger partial charge in [-0.3, -0.25) is 0 Å². The van der Waals surface area contributed by atoms with Gasteiger partial charge in [-0.25, -0.2) is 15.0 Å². The van der Waals surface area contributed by atoms with E-state index < -0.39 is 0 Å². The third kappa shape index (κ3) is 4.27. The van der Waals surface area contributed by atoms with Gasteiger partial charge in [-0.2, -0.15) is 0 Å². The first-order valence-electron chi connectivity index (χ1n) is 9.56. The summed E-state index contributed by atoms with van der Waals surface area (Å²) in [6.07, 6.45) is 3.38. The van der Waals surface area contributed by atoms with Gasteiger partial charge in [-0.05, 0) is 30.7 Å². The summed E-state index contributed by atoms with van der Waals surface area (Å²) < 4.78 is 0. The van der Waals surface area contributed by atoms with E-state index in [0.29, 0.717) is 0 Å². The van der Waals surface area contributed by atoms with Crippen molar-refractivity contribution in [2.24, 2.45) is 4.99 Å². The van der Waals surface area contributed by atoms with Crippen LogP contribution >= 0.6 is 0 Å². The number of hydrogen-bond acceptors (Lipinski definition) is 4. The summed E-state index contributed by atoms with van der Waals surface area (Å²) in [5.74, 6) is 0.815. The number of rotatable bonds is 6. The highest BCUT2D eigenvalue weighted by atomic mass is 15.1. The number of nitrogens with zero attached hydrogens (tertiary/aromatic N) is 4. The van der Waals surface area contributed by atoms with Crippen LogP contribution in [0.15, 0.2) is 72.0 Å². The molecule has 1 unspecified atom stereocenters. The van der Waals surface area contributed by atoms with Crippen LogP contribution < -0.4 is 5.32 Å². The van der Waals surface area contributed by atoms with Crippen LogP contribution in [0.25, 0.3) is 22.3 Å². The zero-order valence-electron chi connectivity index (χ0n) is 16.8. The lowest BCUT2D eigenvalue weighted by Gasteiger charge is -2.15. The van der Waals surface area contributed by atoms with Crippen molar-refractivity contribution in [1.29, 1.82) is 0 Å². The highest BCUT2D eigenvalue weighted by molar-refractivity contribution is 5.91. The number of anilines is 1. The zero-order chi connectivity index (χ0) is 20.2. The predicted octanol–water partition coefficient (Wildman–Crippen LogP) is 5.02. The summed E-state index contributed by atoms with van der Waals surface area (Å²) in [7, 11) is 3.91. The molecule has 0 saturated heterocycles. The Bertz CT molecular complexity index is 1130. The SMILES string of the molecule is CC(Nc1ncnc2[nH]c(-c3cccc(N=CN(C)C)c3)cc12)c1ccccc1. The van der Waals surface area contributed by atoms with Crippen molar-refractivity contribution in [2.75, 3.05) is 19.4 Å². The molecule has 4 rings (SSSR count). The number of benzene rings is 2. The minimum absolute atomic E-state index is 0.136. The summed E-state index contributed by atoms with van der Waals surface area (Å²) in [4.78, 5) is 18.7. The molecule has 2 heterocycles. The van der Waals surface area contributed by atoms with Gasteiger partial charge in [0.1, 0.15) is 17.8 Å². The van der Waals surface area contributed by atoms with Gasteiger partial charge in [-0.15, -0.1) is 0 Å². The Balaban J connectivity index is 1.65. The standard InChI is InChI=1S/C23H24N6/c1-16(17-8-5-4-6-9-17)27-22-20-13-21(28-23(20)25-14-24-22)18-10-7-11-19(12-18)26-15-29(2)3/h4-16H,1-3H3,(H2,24,25,27,28). The molecule has 0 spiro atoms. The molecule has 0 aliphatic heterocycles. The van der Waals surface area contributed by atoms with E-state index in [1.54, 1.807) is 12.7 Å². The maximum atomic E-state index is 4.48. The first kappa shape index (κ1) is 18.7. The van der Waals surface area contributed by atoms with Crippen molar-refractivity contribution < 1.29 is 0 Å². The van der Waals surface area contributed by atoms with Crippen LogP contribution in [0.4, 0.5) is 11.5 Å². The van der Waals surface area contributed by atoms with Gasteiger partial charge in [0.15, 0.2) is 0 Å². The lowest BCUT2D eigenvalue weighted by molar-refractivity contribution is 0.643. The fourth-order valence-electron chi connectivity index (χ4n) is 3.18. The van der Waals surface area contributed by atoms with Crippen molar-refractivity contribution in [3.05, 3.63) is 72.6 Å². The quantitative estimate of drug-likeness (QED) is 0.362. The molecule has 2 aromatic carbocycles. The molecule has 6 nitrogen and oxygen atoms in total. The Labute approximate surface area is 170 Å². The summed E-state index contributed by atoms with van der Waals surface area (Å²) in [5, 5.41) is 4.48. The topological polar surface area (TPSA) is 69.2 Å². The number of nitrogens with one attached hydrogen (secondary N) is 2. The minimum Gasteiger partial charge on any atom is -0.369 e. The molecule has 29 heavy (non-hydrogen) atoms. The van der Waals surface area contributed by atoms with E-state index in [4.69, 9.17) is 0 Å². The molecule has 4 aromatic rings. The van der Waals surface area contributed by atoms with Gasteiger partial charge in [0.05, 0.1) is 17.4 Å². The summed E-state index contributed by atoms with van der Waals surface area (Å²) in [5.41, 5.74) is 4.95. The predicted molar refractivity (Wildman–Crippen MR) is 120 cm³/mol. The van der Waals surface area contributed by atoms with Crippen LogP contribution in [0.2, 0.25) is 0 Å². The number of fused-ring (bicyclic) bond motifs is 1. The number of aromatic amines is 1.